The molecule has 106 valence electrons. The molecule has 0 heterocycles. The Bertz CT molecular complexity index is 572. The van der Waals surface area contributed by atoms with Gasteiger partial charge in [-0.25, -0.2) is 8.78 Å². The summed E-state index contributed by atoms with van der Waals surface area (Å²) in [6.07, 6.45) is 0.250. The van der Waals surface area contributed by atoms with E-state index in [9.17, 15) is 13.9 Å². The van der Waals surface area contributed by atoms with Gasteiger partial charge in [0.2, 0.25) is 0 Å². The van der Waals surface area contributed by atoms with Crippen molar-refractivity contribution in [1.29, 1.82) is 0 Å². The van der Waals surface area contributed by atoms with Crippen LogP contribution in [-0.4, -0.2) is 12.2 Å². The molecule has 4 heteroatoms. The molecule has 0 aliphatic rings. The highest BCUT2D eigenvalue weighted by Gasteiger charge is 2.25. The SMILES string of the molecule is COc1ccc(CC(C)(O)c2cc(F)cc(F)c2)cc1. The molecule has 0 radical (unpaired) electrons. The van der Waals surface area contributed by atoms with E-state index in [4.69, 9.17) is 4.74 Å². The van der Waals surface area contributed by atoms with Crippen LogP contribution in [0.1, 0.15) is 18.1 Å². The molecule has 1 atom stereocenters. The van der Waals surface area contributed by atoms with Gasteiger partial charge in [0.1, 0.15) is 17.4 Å². The molecule has 0 spiro atoms. The zero-order valence-corrected chi connectivity index (χ0v) is 11.4. The van der Waals surface area contributed by atoms with Crippen LogP contribution in [0.4, 0.5) is 8.78 Å². The number of rotatable bonds is 4. The maximum Gasteiger partial charge on any atom is 0.126 e. The van der Waals surface area contributed by atoms with Crippen molar-refractivity contribution in [2.75, 3.05) is 7.11 Å². The van der Waals surface area contributed by atoms with E-state index in [1.54, 1.807) is 19.2 Å². The highest BCUT2D eigenvalue weighted by molar-refractivity contribution is 5.31. The molecule has 0 fully saturated rings. The molecule has 0 saturated carbocycles. The molecule has 1 unspecified atom stereocenters. The van der Waals surface area contributed by atoms with Gasteiger partial charge in [-0.15, -0.1) is 0 Å². The predicted molar refractivity (Wildman–Crippen MR) is 72.6 cm³/mol. The van der Waals surface area contributed by atoms with Gasteiger partial charge >= 0.3 is 0 Å². The molecule has 0 amide bonds. The average molecular weight is 278 g/mol. The largest absolute Gasteiger partial charge is 0.497 e. The third-order valence-corrected chi connectivity index (χ3v) is 3.19. The molecule has 0 aliphatic carbocycles. The third-order valence-electron chi connectivity index (χ3n) is 3.19. The lowest BCUT2D eigenvalue weighted by Crippen LogP contribution is -2.24. The Morgan fingerprint density at radius 3 is 2.10 bits per heavy atom. The van der Waals surface area contributed by atoms with Crippen LogP contribution in [0, 0.1) is 11.6 Å². The molecule has 2 rings (SSSR count). The molecule has 2 aromatic rings. The fourth-order valence-electron chi connectivity index (χ4n) is 2.11. The first-order valence-corrected chi connectivity index (χ1v) is 6.22. The van der Waals surface area contributed by atoms with Gasteiger partial charge in [-0.3, -0.25) is 0 Å². The molecule has 20 heavy (non-hydrogen) atoms. The zero-order chi connectivity index (χ0) is 14.8. The van der Waals surface area contributed by atoms with E-state index in [1.807, 2.05) is 12.1 Å². The average Bonchev–Trinajstić information content (AvgIpc) is 2.38. The first kappa shape index (κ1) is 14.5. The molecule has 0 bridgehead atoms. The minimum atomic E-state index is -1.35. The molecule has 0 aromatic heterocycles. The number of benzene rings is 2. The van der Waals surface area contributed by atoms with Crippen LogP contribution in [0.3, 0.4) is 0 Å². The number of ether oxygens (including phenoxy) is 1. The number of aliphatic hydroxyl groups is 1. The number of hydrogen-bond donors (Lipinski definition) is 1. The van der Waals surface area contributed by atoms with Crippen LogP contribution in [0.25, 0.3) is 0 Å². The van der Waals surface area contributed by atoms with Gasteiger partial charge in [-0.05, 0) is 42.3 Å². The van der Waals surface area contributed by atoms with Crippen molar-refractivity contribution in [3.05, 3.63) is 65.2 Å². The normalized spacial score (nSPS) is 13.8. The summed E-state index contributed by atoms with van der Waals surface area (Å²) in [6, 6.07) is 10.2. The Kier molecular flexibility index (Phi) is 4.04. The molecule has 2 aromatic carbocycles. The van der Waals surface area contributed by atoms with Crippen LogP contribution >= 0.6 is 0 Å². The summed E-state index contributed by atoms with van der Waals surface area (Å²) in [6.45, 7) is 1.53. The lowest BCUT2D eigenvalue weighted by molar-refractivity contribution is 0.0569. The second-order valence-electron chi connectivity index (χ2n) is 4.96. The number of hydrogen-bond acceptors (Lipinski definition) is 2. The second-order valence-corrected chi connectivity index (χ2v) is 4.96. The van der Waals surface area contributed by atoms with Gasteiger partial charge in [0.05, 0.1) is 12.7 Å². The smallest absolute Gasteiger partial charge is 0.126 e. The minimum absolute atomic E-state index is 0.214. The third kappa shape index (κ3) is 3.33. The van der Waals surface area contributed by atoms with Crippen molar-refractivity contribution in [3.8, 4) is 5.75 Å². The van der Waals surface area contributed by atoms with Gasteiger partial charge in [0.25, 0.3) is 0 Å². The summed E-state index contributed by atoms with van der Waals surface area (Å²) in [7, 11) is 1.57. The van der Waals surface area contributed by atoms with Crippen LogP contribution in [0.2, 0.25) is 0 Å². The van der Waals surface area contributed by atoms with E-state index in [1.165, 1.54) is 6.92 Å². The van der Waals surface area contributed by atoms with E-state index in [0.29, 0.717) is 5.75 Å². The topological polar surface area (TPSA) is 29.5 Å². The molecular formula is C16H16F2O2. The van der Waals surface area contributed by atoms with E-state index >= 15 is 0 Å². The second kappa shape index (κ2) is 5.59. The Morgan fingerprint density at radius 2 is 1.60 bits per heavy atom. The molecular weight excluding hydrogens is 262 g/mol. The first-order chi connectivity index (χ1) is 9.40. The van der Waals surface area contributed by atoms with E-state index in [0.717, 1.165) is 23.8 Å². The van der Waals surface area contributed by atoms with Crippen molar-refractivity contribution >= 4 is 0 Å². The summed E-state index contributed by atoms with van der Waals surface area (Å²) in [5.74, 6) is -0.685. The maximum atomic E-state index is 13.2. The van der Waals surface area contributed by atoms with Gasteiger partial charge in [0, 0.05) is 12.5 Å². The van der Waals surface area contributed by atoms with Crippen molar-refractivity contribution in [2.45, 2.75) is 18.9 Å². The summed E-state index contributed by atoms with van der Waals surface area (Å²) < 4.78 is 31.5. The number of methoxy groups -OCH3 is 1. The summed E-state index contributed by atoms with van der Waals surface area (Å²) in [5.41, 5.74) is -0.288. The van der Waals surface area contributed by atoms with E-state index in [2.05, 4.69) is 0 Å². The predicted octanol–water partition coefficient (Wildman–Crippen LogP) is 3.42. The summed E-state index contributed by atoms with van der Waals surface area (Å²) in [4.78, 5) is 0. The zero-order valence-electron chi connectivity index (χ0n) is 11.4. The fourth-order valence-corrected chi connectivity index (χ4v) is 2.11. The Morgan fingerprint density at radius 1 is 1.05 bits per heavy atom. The Labute approximate surface area is 116 Å². The quantitative estimate of drug-likeness (QED) is 0.928. The molecule has 0 saturated heterocycles. The van der Waals surface area contributed by atoms with Crippen LogP contribution in [0.5, 0.6) is 5.75 Å². The summed E-state index contributed by atoms with van der Waals surface area (Å²) in [5, 5.41) is 10.5. The highest BCUT2D eigenvalue weighted by atomic mass is 19.1. The maximum absolute atomic E-state index is 13.2. The number of halogens is 2. The van der Waals surface area contributed by atoms with E-state index in [-0.39, 0.29) is 12.0 Å². The monoisotopic (exact) mass is 278 g/mol. The molecule has 0 aliphatic heterocycles. The minimum Gasteiger partial charge on any atom is -0.497 e. The van der Waals surface area contributed by atoms with Gasteiger partial charge in [-0.1, -0.05) is 12.1 Å². The summed E-state index contributed by atoms with van der Waals surface area (Å²) >= 11 is 0. The van der Waals surface area contributed by atoms with Crippen LogP contribution < -0.4 is 4.74 Å². The lowest BCUT2D eigenvalue weighted by Gasteiger charge is -2.24. The fraction of sp³-hybridized carbons (Fsp3) is 0.250. The van der Waals surface area contributed by atoms with Gasteiger partial charge in [0.15, 0.2) is 0 Å². The van der Waals surface area contributed by atoms with Crippen molar-refractivity contribution in [3.63, 3.8) is 0 Å². The van der Waals surface area contributed by atoms with Gasteiger partial charge in [-0.2, -0.15) is 0 Å². The molecule has 2 nitrogen and oxygen atoms in total. The Hall–Kier alpha value is -1.94. The standard InChI is InChI=1S/C16H16F2O2/c1-16(19,12-7-13(17)9-14(18)8-12)10-11-3-5-15(20-2)6-4-11/h3-9,19H,10H2,1-2H3. The van der Waals surface area contributed by atoms with Crippen molar-refractivity contribution < 1.29 is 18.6 Å². The molecule has 1 N–H and O–H groups in total. The van der Waals surface area contributed by atoms with E-state index < -0.39 is 17.2 Å². The Balaban J connectivity index is 2.24. The van der Waals surface area contributed by atoms with Crippen molar-refractivity contribution in [1.82, 2.24) is 0 Å². The van der Waals surface area contributed by atoms with Crippen LogP contribution in [-0.2, 0) is 12.0 Å². The first-order valence-electron chi connectivity index (χ1n) is 6.22. The van der Waals surface area contributed by atoms with Gasteiger partial charge < -0.3 is 9.84 Å². The lowest BCUT2D eigenvalue weighted by atomic mass is 9.89. The van der Waals surface area contributed by atoms with Crippen molar-refractivity contribution in [2.24, 2.45) is 0 Å². The van der Waals surface area contributed by atoms with Crippen LogP contribution in [0.15, 0.2) is 42.5 Å². The highest BCUT2D eigenvalue weighted by Crippen LogP contribution is 2.27.